The van der Waals surface area contributed by atoms with Gasteiger partial charge in [-0.1, -0.05) is 24.3 Å². The highest BCUT2D eigenvalue weighted by molar-refractivity contribution is 6.00. The normalized spacial score (nSPS) is 18.0. The first-order chi connectivity index (χ1) is 22.1. The average molecular weight is 626 g/mol. The SMILES string of the molecule is Cn1ccnc1CCOc1nc(N2C[C@H]3CC[C@@H](C2)N3C(=O)OC(C)(C)C)c2cnc(-c3cc(O)cc4ccccc34)c(F)c2n1. The Bertz CT molecular complexity index is 1940. The number of phenolic OH excluding ortho intramolecular Hbond substituents is 1. The van der Waals surface area contributed by atoms with E-state index < -0.39 is 11.4 Å². The van der Waals surface area contributed by atoms with E-state index in [1.807, 2.05) is 67.7 Å². The number of nitrogens with zero attached hydrogens (tertiary/aromatic N) is 7. The highest BCUT2D eigenvalue weighted by atomic mass is 19.1. The number of aromatic nitrogens is 5. The number of aryl methyl sites for hydroxylation is 1. The van der Waals surface area contributed by atoms with Crippen molar-refractivity contribution in [1.29, 1.82) is 0 Å². The minimum atomic E-state index is -0.638. The number of carbonyl (C=O) groups is 1. The van der Waals surface area contributed by atoms with E-state index in [-0.39, 0.29) is 47.8 Å². The van der Waals surface area contributed by atoms with Crippen molar-refractivity contribution in [3.8, 4) is 23.0 Å². The molecule has 12 heteroatoms. The molecule has 1 N–H and O–H groups in total. The second kappa shape index (κ2) is 11.4. The summed E-state index contributed by atoms with van der Waals surface area (Å²) >= 11 is 0. The lowest BCUT2D eigenvalue weighted by Crippen LogP contribution is -2.57. The molecule has 0 saturated carbocycles. The lowest BCUT2D eigenvalue weighted by atomic mass is 10.00. The topological polar surface area (TPSA) is 119 Å². The number of imidazole rings is 1. The molecule has 0 spiro atoms. The second-order valence-electron chi connectivity index (χ2n) is 13.0. The lowest BCUT2D eigenvalue weighted by molar-refractivity contribution is 0.0122. The summed E-state index contributed by atoms with van der Waals surface area (Å²) in [5, 5.41) is 12.4. The van der Waals surface area contributed by atoms with Gasteiger partial charge in [0.15, 0.2) is 5.82 Å². The van der Waals surface area contributed by atoms with Crippen LogP contribution in [0.1, 0.15) is 39.4 Å². The van der Waals surface area contributed by atoms with Crippen LogP contribution in [-0.4, -0.2) is 78.0 Å². The number of pyridine rings is 1. The van der Waals surface area contributed by atoms with Gasteiger partial charge in [-0.2, -0.15) is 9.97 Å². The van der Waals surface area contributed by atoms with Gasteiger partial charge in [-0.25, -0.2) is 14.2 Å². The van der Waals surface area contributed by atoms with Crippen molar-refractivity contribution < 1.29 is 23.8 Å². The number of halogens is 1. The Kier molecular flexibility index (Phi) is 7.37. The maximum atomic E-state index is 16.6. The molecule has 2 aromatic carbocycles. The molecule has 238 valence electrons. The fourth-order valence-corrected chi connectivity index (χ4v) is 6.57. The third-order valence-corrected chi connectivity index (χ3v) is 8.61. The van der Waals surface area contributed by atoms with Gasteiger partial charge < -0.3 is 24.0 Å². The Morgan fingerprint density at radius 3 is 2.54 bits per heavy atom. The van der Waals surface area contributed by atoms with Crippen molar-refractivity contribution in [2.24, 2.45) is 7.05 Å². The minimum absolute atomic E-state index is 0.00927. The molecule has 2 bridgehead atoms. The summed E-state index contributed by atoms with van der Waals surface area (Å²) in [6.07, 6.45) is 7.02. The van der Waals surface area contributed by atoms with Crippen LogP contribution < -0.4 is 9.64 Å². The molecule has 3 aromatic heterocycles. The summed E-state index contributed by atoms with van der Waals surface area (Å²) in [5.41, 5.74) is -0.00906. The number of piperazine rings is 1. The van der Waals surface area contributed by atoms with E-state index in [4.69, 9.17) is 14.5 Å². The highest BCUT2D eigenvalue weighted by Crippen LogP contribution is 2.39. The van der Waals surface area contributed by atoms with Gasteiger partial charge in [0.2, 0.25) is 0 Å². The summed E-state index contributed by atoms with van der Waals surface area (Å²) in [7, 11) is 1.91. The number of ether oxygens (including phenoxy) is 2. The zero-order chi connectivity index (χ0) is 32.2. The van der Waals surface area contributed by atoms with Gasteiger partial charge >= 0.3 is 12.1 Å². The minimum Gasteiger partial charge on any atom is -0.508 e. The molecular weight excluding hydrogens is 589 g/mol. The maximum Gasteiger partial charge on any atom is 0.410 e. The van der Waals surface area contributed by atoms with Crippen molar-refractivity contribution in [2.75, 3.05) is 24.6 Å². The van der Waals surface area contributed by atoms with Crippen LogP contribution in [0, 0.1) is 5.82 Å². The predicted molar refractivity (Wildman–Crippen MR) is 171 cm³/mol. The Labute approximate surface area is 265 Å². The molecule has 2 aliphatic rings. The standard InChI is InChI=1S/C34H36FN7O4/c1-34(2,3)46-33(44)42-21-9-10-22(42)19-41(18-21)31-26-17-37-29(25-16-23(43)15-20-7-5-6-8-24(20)25)28(35)30(26)38-32(39-31)45-14-11-27-36-12-13-40(27)4/h5-8,12-13,15-17,21-22,43H,9-11,14,18-19H2,1-4H3/t21-,22+. The van der Waals surface area contributed by atoms with Gasteiger partial charge in [0, 0.05) is 50.7 Å². The highest BCUT2D eigenvalue weighted by Gasteiger charge is 2.45. The molecular formula is C34H36FN7O4. The van der Waals surface area contributed by atoms with Crippen molar-refractivity contribution in [2.45, 2.75) is 57.7 Å². The summed E-state index contributed by atoms with van der Waals surface area (Å²) in [4.78, 5) is 35.3. The first-order valence-electron chi connectivity index (χ1n) is 15.5. The number of anilines is 1. The van der Waals surface area contributed by atoms with Crippen LogP contribution >= 0.6 is 0 Å². The van der Waals surface area contributed by atoms with E-state index >= 15 is 4.39 Å². The monoisotopic (exact) mass is 625 g/mol. The lowest BCUT2D eigenvalue weighted by Gasteiger charge is -2.42. The Morgan fingerprint density at radius 1 is 1.07 bits per heavy atom. The van der Waals surface area contributed by atoms with E-state index in [2.05, 4.69) is 19.9 Å². The number of rotatable bonds is 6. The van der Waals surface area contributed by atoms with E-state index in [9.17, 15) is 9.90 Å². The summed E-state index contributed by atoms with van der Waals surface area (Å²) in [6, 6.07) is 10.5. The number of phenols is 1. The Balaban J connectivity index is 1.28. The number of amides is 1. The number of aromatic hydroxyl groups is 1. The fraction of sp³-hybridized carbons (Fsp3) is 0.382. The van der Waals surface area contributed by atoms with E-state index in [1.54, 1.807) is 18.5 Å². The fourth-order valence-electron chi connectivity index (χ4n) is 6.57. The Morgan fingerprint density at radius 2 is 1.83 bits per heavy atom. The smallest absolute Gasteiger partial charge is 0.410 e. The second-order valence-corrected chi connectivity index (χ2v) is 13.0. The molecule has 1 amide bonds. The van der Waals surface area contributed by atoms with Gasteiger partial charge in [0.05, 0.1) is 24.1 Å². The van der Waals surface area contributed by atoms with Crippen molar-refractivity contribution >= 4 is 33.6 Å². The van der Waals surface area contributed by atoms with Gasteiger partial charge in [0.1, 0.15) is 34.2 Å². The molecule has 0 aliphatic carbocycles. The van der Waals surface area contributed by atoms with Crippen LogP contribution in [-0.2, 0) is 18.2 Å². The van der Waals surface area contributed by atoms with Crippen LogP contribution in [0.5, 0.6) is 11.8 Å². The number of carbonyl (C=O) groups excluding carboxylic acids is 1. The molecule has 2 atom stereocenters. The largest absolute Gasteiger partial charge is 0.508 e. The van der Waals surface area contributed by atoms with Crippen molar-refractivity contribution in [3.63, 3.8) is 0 Å². The number of hydrogen-bond acceptors (Lipinski definition) is 9. The molecule has 46 heavy (non-hydrogen) atoms. The van der Waals surface area contributed by atoms with Crippen LogP contribution in [0.15, 0.2) is 55.0 Å². The van der Waals surface area contributed by atoms with Crippen LogP contribution in [0.2, 0.25) is 0 Å². The van der Waals surface area contributed by atoms with Gasteiger partial charge in [0.25, 0.3) is 0 Å². The van der Waals surface area contributed by atoms with Crippen LogP contribution in [0.25, 0.3) is 32.9 Å². The third-order valence-electron chi connectivity index (χ3n) is 8.61. The molecule has 7 rings (SSSR count). The zero-order valence-electron chi connectivity index (χ0n) is 26.3. The zero-order valence-corrected chi connectivity index (χ0v) is 26.3. The summed E-state index contributed by atoms with van der Waals surface area (Å²) in [6.45, 7) is 6.82. The first kappa shape index (κ1) is 29.7. The molecule has 0 unspecified atom stereocenters. The van der Waals surface area contributed by atoms with Gasteiger partial charge in [-0.15, -0.1) is 0 Å². The third kappa shape index (κ3) is 5.52. The van der Waals surface area contributed by atoms with E-state index in [1.165, 1.54) is 6.07 Å². The molecule has 11 nitrogen and oxygen atoms in total. The van der Waals surface area contributed by atoms with Crippen molar-refractivity contribution in [1.82, 2.24) is 29.4 Å². The molecule has 2 aliphatic heterocycles. The van der Waals surface area contributed by atoms with E-state index in [0.717, 1.165) is 29.4 Å². The Hall–Kier alpha value is -5.00. The van der Waals surface area contributed by atoms with Crippen LogP contribution in [0.3, 0.4) is 0 Å². The molecule has 2 fully saturated rings. The summed E-state index contributed by atoms with van der Waals surface area (Å²) < 4.78 is 30.3. The average Bonchev–Trinajstić information content (AvgIpc) is 3.54. The number of hydrogen-bond donors (Lipinski definition) is 1. The quantitative estimate of drug-likeness (QED) is 0.256. The van der Waals surface area contributed by atoms with Gasteiger partial charge in [-0.3, -0.25) is 9.88 Å². The van der Waals surface area contributed by atoms with Crippen molar-refractivity contribution in [3.05, 3.63) is 66.6 Å². The molecule has 5 aromatic rings. The molecule has 5 heterocycles. The van der Waals surface area contributed by atoms with Gasteiger partial charge in [-0.05, 0) is 56.5 Å². The molecule has 0 radical (unpaired) electrons. The van der Waals surface area contributed by atoms with E-state index in [0.29, 0.717) is 36.3 Å². The van der Waals surface area contributed by atoms with Crippen LogP contribution in [0.4, 0.5) is 15.0 Å². The summed E-state index contributed by atoms with van der Waals surface area (Å²) in [5.74, 6) is 0.706. The molecule has 2 saturated heterocycles. The maximum absolute atomic E-state index is 16.6. The number of fused-ring (bicyclic) bond motifs is 4. The first-order valence-corrected chi connectivity index (χ1v) is 15.5. The number of benzene rings is 2. The predicted octanol–water partition coefficient (Wildman–Crippen LogP) is 5.63.